The first-order chi connectivity index (χ1) is 13.5. The number of benzene rings is 3. The maximum Gasteiger partial charge on any atom is 0.283 e. The molecule has 1 radical (unpaired) electrons. The minimum Gasteiger partial charge on any atom is -0.400 e. The molecule has 0 heterocycles. The number of nitrogens with zero attached hydrogens (tertiary/aromatic N) is 1. The molecule has 0 aliphatic carbocycles. The second kappa shape index (κ2) is 8.94. The van der Waals surface area contributed by atoms with Gasteiger partial charge in [-0.2, -0.15) is 4.99 Å². The van der Waals surface area contributed by atoms with Gasteiger partial charge in [-0.25, -0.2) is 4.79 Å². The summed E-state index contributed by atoms with van der Waals surface area (Å²) in [5.74, 6) is 0. The van der Waals surface area contributed by atoms with Crippen LogP contribution < -0.4 is 10.4 Å². The summed E-state index contributed by atoms with van der Waals surface area (Å²) in [5.41, 5.74) is 1.57. The van der Waals surface area contributed by atoms with E-state index in [2.05, 4.69) is 74.3 Å². The van der Waals surface area contributed by atoms with Gasteiger partial charge < -0.3 is 4.43 Å². The molecule has 28 heavy (non-hydrogen) atoms. The van der Waals surface area contributed by atoms with Crippen molar-refractivity contribution in [2.75, 3.05) is 0 Å². The first-order valence-electron chi connectivity index (χ1n) is 9.31. The largest absolute Gasteiger partial charge is 0.400 e. The summed E-state index contributed by atoms with van der Waals surface area (Å²) >= 11 is 0. The van der Waals surface area contributed by atoms with E-state index in [1.807, 2.05) is 36.4 Å². The molecule has 0 aliphatic rings. The Bertz CT molecular complexity index is 888. The van der Waals surface area contributed by atoms with Crippen molar-refractivity contribution < 1.29 is 9.22 Å². The van der Waals surface area contributed by atoms with Gasteiger partial charge in [0.2, 0.25) is 6.08 Å². The molecule has 0 spiro atoms. The fraction of sp³-hybridized carbons (Fsp3) is 0.208. The normalized spacial score (nSPS) is 12.4. The second-order valence-corrected chi connectivity index (χ2v) is 9.77. The van der Waals surface area contributed by atoms with Crippen LogP contribution in [0.5, 0.6) is 0 Å². The Kier molecular flexibility index (Phi) is 6.37. The molecule has 1 atom stereocenters. The lowest BCUT2D eigenvalue weighted by Crippen LogP contribution is -2.47. The topological polar surface area (TPSA) is 38.7 Å². The standard InChI is InChI=1S/C24H24NO2Si/c1-24(2,3)23(19-14-16-20(17-15-19)25-18-26)27-28(21-10-6-4-7-11-21)22-12-8-5-9-13-22/h4-17,23H,1-3H3. The first kappa shape index (κ1) is 20.0. The van der Waals surface area contributed by atoms with Crippen LogP contribution in [0, 0.1) is 5.41 Å². The van der Waals surface area contributed by atoms with Crippen LogP contribution in [0.15, 0.2) is 89.9 Å². The summed E-state index contributed by atoms with van der Waals surface area (Å²) in [6.45, 7) is 6.56. The summed E-state index contributed by atoms with van der Waals surface area (Å²) in [5, 5.41) is 2.44. The van der Waals surface area contributed by atoms with Crippen molar-refractivity contribution in [3.8, 4) is 0 Å². The van der Waals surface area contributed by atoms with E-state index in [0.29, 0.717) is 5.69 Å². The molecule has 3 aromatic carbocycles. The SMILES string of the molecule is CC(C)(C)C(O[Si](c1ccccc1)c1ccccc1)c1ccc(N=C=O)cc1. The molecule has 3 rings (SSSR count). The van der Waals surface area contributed by atoms with Crippen molar-refractivity contribution in [2.45, 2.75) is 26.9 Å². The smallest absolute Gasteiger partial charge is 0.283 e. The average Bonchev–Trinajstić information content (AvgIpc) is 2.70. The number of hydrogen-bond donors (Lipinski definition) is 0. The van der Waals surface area contributed by atoms with Gasteiger partial charge in [0.1, 0.15) is 0 Å². The lowest BCUT2D eigenvalue weighted by Gasteiger charge is -2.34. The third kappa shape index (κ3) is 4.93. The van der Waals surface area contributed by atoms with Gasteiger partial charge in [-0.05, 0) is 33.5 Å². The van der Waals surface area contributed by atoms with Crippen LogP contribution in [-0.2, 0) is 9.22 Å². The molecule has 0 bridgehead atoms. The molecule has 3 aromatic rings. The van der Waals surface area contributed by atoms with Crippen LogP contribution in [0.3, 0.4) is 0 Å². The number of hydrogen-bond acceptors (Lipinski definition) is 3. The molecule has 0 saturated carbocycles. The number of isocyanates is 1. The highest BCUT2D eigenvalue weighted by atomic mass is 28.3. The lowest BCUT2D eigenvalue weighted by atomic mass is 9.85. The predicted molar refractivity (Wildman–Crippen MR) is 115 cm³/mol. The Balaban J connectivity index is 2.00. The van der Waals surface area contributed by atoms with Gasteiger partial charge in [-0.1, -0.05) is 93.6 Å². The van der Waals surface area contributed by atoms with Crippen LogP contribution in [0.25, 0.3) is 0 Å². The highest BCUT2D eigenvalue weighted by Gasteiger charge is 2.32. The molecule has 1 unspecified atom stereocenters. The predicted octanol–water partition coefficient (Wildman–Crippen LogP) is 4.56. The Morgan fingerprint density at radius 3 is 1.75 bits per heavy atom. The van der Waals surface area contributed by atoms with E-state index in [1.165, 1.54) is 10.4 Å². The summed E-state index contributed by atoms with van der Waals surface area (Å²) in [6, 6.07) is 28.5. The molecule has 0 saturated heterocycles. The van der Waals surface area contributed by atoms with E-state index >= 15 is 0 Å². The lowest BCUT2D eigenvalue weighted by molar-refractivity contribution is 0.0897. The third-order valence-corrected chi connectivity index (χ3v) is 6.65. The van der Waals surface area contributed by atoms with E-state index in [4.69, 9.17) is 4.43 Å². The Morgan fingerprint density at radius 1 is 0.821 bits per heavy atom. The second-order valence-electron chi connectivity index (χ2n) is 7.72. The van der Waals surface area contributed by atoms with E-state index < -0.39 is 9.04 Å². The fourth-order valence-electron chi connectivity index (χ4n) is 3.12. The fourth-order valence-corrected chi connectivity index (χ4v) is 5.44. The molecule has 3 nitrogen and oxygen atoms in total. The number of aliphatic imine (C=N–C) groups is 1. The molecule has 0 fully saturated rings. The molecule has 4 heteroatoms. The van der Waals surface area contributed by atoms with Gasteiger partial charge in [0.15, 0.2) is 0 Å². The van der Waals surface area contributed by atoms with Gasteiger partial charge in [0, 0.05) is 0 Å². The maximum atomic E-state index is 10.5. The van der Waals surface area contributed by atoms with E-state index in [9.17, 15) is 4.79 Å². The van der Waals surface area contributed by atoms with Crippen LogP contribution in [-0.4, -0.2) is 15.1 Å². The zero-order chi connectivity index (χ0) is 20.0. The van der Waals surface area contributed by atoms with Crippen molar-refractivity contribution in [3.63, 3.8) is 0 Å². The molecule has 0 aliphatic heterocycles. The average molecular weight is 387 g/mol. The van der Waals surface area contributed by atoms with Gasteiger partial charge in [-0.15, -0.1) is 0 Å². The minimum atomic E-state index is -1.43. The molecule has 0 aromatic heterocycles. The monoisotopic (exact) mass is 386 g/mol. The maximum absolute atomic E-state index is 10.5. The highest BCUT2D eigenvalue weighted by molar-refractivity contribution is 6.80. The van der Waals surface area contributed by atoms with Gasteiger partial charge in [-0.3, -0.25) is 0 Å². The van der Waals surface area contributed by atoms with Crippen molar-refractivity contribution >= 4 is 31.2 Å². The van der Waals surface area contributed by atoms with E-state index in [-0.39, 0.29) is 11.5 Å². The molecular weight excluding hydrogens is 362 g/mol. The van der Waals surface area contributed by atoms with Crippen LogP contribution >= 0.6 is 0 Å². The Hall–Kier alpha value is -2.78. The van der Waals surface area contributed by atoms with Gasteiger partial charge in [0.05, 0.1) is 11.8 Å². The van der Waals surface area contributed by atoms with Crippen molar-refractivity contribution in [3.05, 3.63) is 90.5 Å². The van der Waals surface area contributed by atoms with E-state index in [1.54, 1.807) is 6.08 Å². The molecule has 0 N–H and O–H groups in total. The zero-order valence-corrected chi connectivity index (χ0v) is 17.4. The Morgan fingerprint density at radius 2 is 1.32 bits per heavy atom. The van der Waals surface area contributed by atoms with Gasteiger partial charge >= 0.3 is 0 Å². The van der Waals surface area contributed by atoms with Crippen molar-refractivity contribution in [1.82, 2.24) is 0 Å². The molecule has 0 amide bonds. The van der Waals surface area contributed by atoms with Crippen LogP contribution in [0.1, 0.15) is 32.4 Å². The van der Waals surface area contributed by atoms with Gasteiger partial charge in [0.25, 0.3) is 9.04 Å². The summed E-state index contributed by atoms with van der Waals surface area (Å²) in [4.78, 5) is 14.2. The summed E-state index contributed by atoms with van der Waals surface area (Å²) in [7, 11) is -1.43. The number of rotatable bonds is 6. The van der Waals surface area contributed by atoms with Crippen molar-refractivity contribution in [2.24, 2.45) is 10.4 Å². The van der Waals surface area contributed by atoms with E-state index in [0.717, 1.165) is 5.56 Å². The molecule has 141 valence electrons. The summed E-state index contributed by atoms with van der Waals surface area (Å²) in [6.07, 6.45) is 1.49. The van der Waals surface area contributed by atoms with Crippen LogP contribution in [0.2, 0.25) is 0 Å². The summed E-state index contributed by atoms with van der Waals surface area (Å²) < 4.78 is 6.87. The third-order valence-electron chi connectivity index (χ3n) is 4.46. The zero-order valence-electron chi connectivity index (χ0n) is 16.4. The first-order valence-corrected chi connectivity index (χ1v) is 10.7. The van der Waals surface area contributed by atoms with Crippen LogP contribution in [0.4, 0.5) is 5.69 Å². The Labute approximate surface area is 168 Å². The molecular formula is C24H24NO2Si. The number of carbonyl (C=O) groups excluding carboxylic acids is 1. The quantitative estimate of drug-likeness (QED) is 0.354. The minimum absolute atomic E-state index is 0.101. The highest BCUT2D eigenvalue weighted by Crippen LogP contribution is 2.37. The van der Waals surface area contributed by atoms with Crippen molar-refractivity contribution in [1.29, 1.82) is 0 Å².